The van der Waals surface area contributed by atoms with Gasteiger partial charge < -0.3 is 10.1 Å². The number of alkyl halides is 3. The normalized spacial score (nSPS) is 18.4. The second-order valence-electron chi connectivity index (χ2n) is 6.59. The van der Waals surface area contributed by atoms with Crippen molar-refractivity contribution in [3.8, 4) is 0 Å². The summed E-state index contributed by atoms with van der Waals surface area (Å²) in [4.78, 5) is 37.1. The summed E-state index contributed by atoms with van der Waals surface area (Å²) in [6, 6.07) is 1.31. The molecular weight excluding hydrogens is 383 g/mol. The first-order chi connectivity index (χ1) is 13.1. The Morgan fingerprint density at radius 3 is 2.39 bits per heavy atom. The molecule has 154 valence electrons. The number of rotatable bonds is 7. The van der Waals surface area contributed by atoms with Gasteiger partial charge in [-0.3, -0.25) is 14.8 Å². The highest BCUT2D eigenvalue weighted by Gasteiger charge is 2.45. The minimum Gasteiger partial charge on any atom is -0.374 e. The van der Waals surface area contributed by atoms with Crippen LogP contribution in [0.25, 0.3) is 0 Å². The van der Waals surface area contributed by atoms with Gasteiger partial charge in [0.05, 0.1) is 18.8 Å². The molecule has 1 heterocycles. The number of hydrogen-bond donors (Lipinski definition) is 3. The maximum Gasteiger partial charge on any atom is 0.416 e. The summed E-state index contributed by atoms with van der Waals surface area (Å²) in [6.07, 6.45) is -4.43. The van der Waals surface area contributed by atoms with Gasteiger partial charge in [-0.15, -0.1) is 0 Å². The molecule has 1 aromatic carbocycles. The molecule has 1 aliphatic rings. The third-order valence-corrected chi connectivity index (χ3v) is 4.18. The summed E-state index contributed by atoms with van der Waals surface area (Å²) < 4.78 is 42.9. The van der Waals surface area contributed by atoms with Crippen LogP contribution in [0.3, 0.4) is 0 Å². The number of carbonyl (C=O) groups excluding carboxylic acids is 3. The molecule has 2 unspecified atom stereocenters. The number of benzene rings is 1. The smallest absolute Gasteiger partial charge is 0.374 e. The third kappa shape index (κ3) is 4.78. The summed E-state index contributed by atoms with van der Waals surface area (Å²) in [5.74, 6) is -2.04. The Labute approximate surface area is 158 Å². The van der Waals surface area contributed by atoms with Crippen molar-refractivity contribution in [1.82, 2.24) is 15.7 Å². The average molecular weight is 403 g/mol. The fourth-order valence-corrected chi connectivity index (χ4v) is 2.79. The van der Waals surface area contributed by atoms with Crippen LogP contribution in [0, 0.1) is 5.92 Å². The van der Waals surface area contributed by atoms with Crippen molar-refractivity contribution in [3.05, 3.63) is 35.4 Å². The van der Waals surface area contributed by atoms with Crippen molar-refractivity contribution >= 4 is 17.8 Å². The Bertz CT molecular complexity index is 737. The Morgan fingerprint density at radius 2 is 1.89 bits per heavy atom. The van der Waals surface area contributed by atoms with Crippen LogP contribution >= 0.6 is 0 Å². The summed E-state index contributed by atoms with van der Waals surface area (Å²) in [5, 5.41) is 11.2. The zero-order valence-corrected chi connectivity index (χ0v) is 15.1. The fraction of sp³-hybridized carbons (Fsp3) is 0.471. The number of imide groups is 1. The van der Waals surface area contributed by atoms with Crippen LogP contribution < -0.4 is 10.8 Å². The Balaban J connectivity index is 1.96. The van der Waals surface area contributed by atoms with Crippen LogP contribution in [0.2, 0.25) is 0 Å². The minimum absolute atomic E-state index is 0.0669. The molecule has 0 saturated carbocycles. The van der Waals surface area contributed by atoms with Gasteiger partial charge in [-0.2, -0.15) is 13.2 Å². The average Bonchev–Trinajstić information content (AvgIpc) is 2.89. The maximum absolute atomic E-state index is 12.5. The number of urea groups is 1. The number of hydrogen-bond acceptors (Lipinski definition) is 5. The number of carbonyl (C=O) groups is 3. The van der Waals surface area contributed by atoms with E-state index in [2.05, 4.69) is 5.32 Å². The van der Waals surface area contributed by atoms with Gasteiger partial charge in [0.2, 0.25) is 0 Å². The predicted molar refractivity (Wildman–Crippen MR) is 88.8 cm³/mol. The van der Waals surface area contributed by atoms with Gasteiger partial charge in [0.15, 0.2) is 0 Å². The maximum atomic E-state index is 12.5. The molecule has 0 aromatic heterocycles. The van der Waals surface area contributed by atoms with E-state index >= 15 is 0 Å². The lowest BCUT2D eigenvalue weighted by atomic mass is 10.0. The van der Waals surface area contributed by atoms with Crippen molar-refractivity contribution in [2.75, 3.05) is 6.61 Å². The second-order valence-corrected chi connectivity index (χ2v) is 6.59. The summed E-state index contributed by atoms with van der Waals surface area (Å²) in [6.45, 7) is 2.92. The van der Waals surface area contributed by atoms with E-state index in [1.165, 1.54) is 17.6 Å². The van der Waals surface area contributed by atoms with E-state index in [-0.39, 0.29) is 13.2 Å². The van der Waals surface area contributed by atoms with Gasteiger partial charge in [0.25, 0.3) is 11.8 Å². The van der Waals surface area contributed by atoms with E-state index in [0.29, 0.717) is 5.56 Å². The molecule has 1 aromatic rings. The van der Waals surface area contributed by atoms with E-state index in [1.807, 2.05) is 0 Å². The molecule has 2 rings (SSSR count). The quantitative estimate of drug-likeness (QED) is 0.365. The topological polar surface area (TPSA) is 108 Å². The zero-order chi connectivity index (χ0) is 21.1. The second kappa shape index (κ2) is 8.57. The van der Waals surface area contributed by atoms with E-state index in [4.69, 9.17) is 9.94 Å². The van der Waals surface area contributed by atoms with Gasteiger partial charge in [0, 0.05) is 0 Å². The summed E-state index contributed by atoms with van der Waals surface area (Å²) in [7, 11) is 0. The molecule has 0 spiro atoms. The highest BCUT2D eigenvalue weighted by molar-refractivity contribution is 6.07. The minimum atomic E-state index is -4.43. The molecule has 3 N–H and O–H groups in total. The molecule has 2 atom stereocenters. The lowest BCUT2D eigenvalue weighted by Crippen LogP contribution is -2.52. The van der Waals surface area contributed by atoms with E-state index in [0.717, 1.165) is 17.0 Å². The highest BCUT2D eigenvalue weighted by Crippen LogP contribution is 2.29. The Kier molecular flexibility index (Phi) is 6.62. The van der Waals surface area contributed by atoms with Crippen LogP contribution in [0.1, 0.15) is 25.0 Å². The van der Waals surface area contributed by atoms with Crippen LogP contribution in [-0.4, -0.2) is 46.6 Å². The van der Waals surface area contributed by atoms with Crippen LogP contribution in [0.4, 0.5) is 18.0 Å². The molecule has 8 nitrogen and oxygen atoms in total. The van der Waals surface area contributed by atoms with Gasteiger partial charge in [0.1, 0.15) is 12.1 Å². The molecule has 0 radical (unpaired) electrons. The Hall–Kier alpha value is -2.66. The molecule has 1 saturated heterocycles. The predicted octanol–water partition coefficient (Wildman–Crippen LogP) is 1.67. The number of halogens is 3. The lowest BCUT2D eigenvalue weighted by molar-refractivity contribution is -0.142. The summed E-state index contributed by atoms with van der Waals surface area (Å²) >= 11 is 0. The van der Waals surface area contributed by atoms with E-state index in [9.17, 15) is 27.6 Å². The first kappa shape index (κ1) is 21.6. The molecule has 28 heavy (non-hydrogen) atoms. The summed E-state index contributed by atoms with van der Waals surface area (Å²) in [5.41, 5.74) is 1.11. The number of ether oxygens (including phenoxy) is 1. The van der Waals surface area contributed by atoms with Crippen molar-refractivity contribution in [3.63, 3.8) is 0 Å². The number of hydroxylamine groups is 1. The fourth-order valence-electron chi connectivity index (χ4n) is 2.79. The van der Waals surface area contributed by atoms with Crippen LogP contribution in [-0.2, 0) is 27.1 Å². The van der Waals surface area contributed by atoms with Crippen LogP contribution in [0.5, 0.6) is 0 Å². The third-order valence-electron chi connectivity index (χ3n) is 4.18. The monoisotopic (exact) mass is 403 g/mol. The molecule has 11 heteroatoms. The first-order valence-electron chi connectivity index (χ1n) is 8.37. The number of nitrogens with zero attached hydrogens (tertiary/aromatic N) is 1. The van der Waals surface area contributed by atoms with Crippen molar-refractivity contribution in [2.45, 2.75) is 38.7 Å². The van der Waals surface area contributed by atoms with Gasteiger partial charge in [-0.25, -0.2) is 15.2 Å². The molecular formula is C17H20F3N3O5. The van der Waals surface area contributed by atoms with E-state index in [1.54, 1.807) is 13.8 Å². The van der Waals surface area contributed by atoms with Crippen molar-refractivity contribution in [2.24, 2.45) is 5.92 Å². The standard InChI is InChI=1S/C17H20F3N3O5/c1-9(2)13(14(24)22-27)23-15(25)12(21-16(23)26)8-28-7-10-3-5-11(6-4-10)17(18,19)20/h3-6,9,12-13,27H,7-8H2,1-2H3,(H,21,26)(H,22,24). The van der Waals surface area contributed by atoms with Crippen molar-refractivity contribution < 1.29 is 37.5 Å². The molecule has 1 aliphatic heterocycles. The first-order valence-corrected chi connectivity index (χ1v) is 8.37. The number of nitrogens with one attached hydrogen (secondary N) is 2. The van der Waals surface area contributed by atoms with E-state index < -0.39 is 47.6 Å². The SMILES string of the molecule is CC(C)C(C(=O)NO)N1C(=O)NC(COCc2ccc(C(F)(F)F)cc2)C1=O. The van der Waals surface area contributed by atoms with Gasteiger partial charge in [-0.1, -0.05) is 26.0 Å². The molecule has 0 aliphatic carbocycles. The lowest BCUT2D eigenvalue weighted by Gasteiger charge is -2.26. The van der Waals surface area contributed by atoms with Gasteiger partial charge in [-0.05, 0) is 23.6 Å². The number of amides is 4. The molecule has 1 fully saturated rings. The van der Waals surface area contributed by atoms with Crippen molar-refractivity contribution in [1.29, 1.82) is 0 Å². The largest absolute Gasteiger partial charge is 0.416 e. The molecule has 0 bridgehead atoms. The molecule has 4 amide bonds. The zero-order valence-electron chi connectivity index (χ0n) is 15.1. The van der Waals surface area contributed by atoms with Crippen LogP contribution in [0.15, 0.2) is 24.3 Å². The van der Waals surface area contributed by atoms with Gasteiger partial charge >= 0.3 is 12.2 Å². The highest BCUT2D eigenvalue weighted by atomic mass is 19.4. The Morgan fingerprint density at radius 1 is 1.29 bits per heavy atom.